The van der Waals surface area contributed by atoms with Crippen LogP contribution < -0.4 is 9.08 Å². The summed E-state index contributed by atoms with van der Waals surface area (Å²) in [5.74, 6) is -2.51. The summed E-state index contributed by atoms with van der Waals surface area (Å²) < 4.78 is 91.1. The minimum absolute atomic E-state index is 0.154. The molecular formula is C25H20F5NO5S. The minimum Gasteiger partial charge on any atom is -0.388 e. The Kier molecular flexibility index (Phi) is 7.24. The van der Waals surface area contributed by atoms with E-state index >= 15 is 0 Å². The largest absolute Gasteiger partial charge is 0.534 e. The van der Waals surface area contributed by atoms with Crippen LogP contribution in [-0.2, 0) is 14.9 Å². The summed E-state index contributed by atoms with van der Waals surface area (Å²) in [5, 5.41) is 10.5. The third kappa shape index (κ3) is 5.59. The number of rotatable bonds is 8. The van der Waals surface area contributed by atoms with Crippen LogP contribution >= 0.6 is 0 Å². The average molecular weight is 541 g/mol. The summed E-state index contributed by atoms with van der Waals surface area (Å²) in [4.78, 5) is 14.4. The van der Waals surface area contributed by atoms with Gasteiger partial charge in [0.05, 0.1) is 18.1 Å². The Morgan fingerprint density at radius 3 is 1.97 bits per heavy atom. The van der Waals surface area contributed by atoms with Gasteiger partial charge in [0.2, 0.25) is 5.91 Å². The highest BCUT2D eigenvalue weighted by molar-refractivity contribution is 7.88. The highest BCUT2D eigenvalue weighted by Gasteiger charge is 2.50. The second-order valence-corrected chi connectivity index (χ2v) is 9.97. The molecular weight excluding hydrogens is 521 g/mol. The normalized spacial score (nSPS) is 18.9. The van der Waals surface area contributed by atoms with Crippen LogP contribution in [0.4, 0.5) is 27.6 Å². The van der Waals surface area contributed by atoms with Crippen LogP contribution in [0.25, 0.3) is 0 Å². The van der Waals surface area contributed by atoms with Gasteiger partial charge in [-0.3, -0.25) is 4.79 Å². The first kappa shape index (κ1) is 26.6. The van der Waals surface area contributed by atoms with Crippen LogP contribution in [-0.4, -0.2) is 24.9 Å². The zero-order chi connectivity index (χ0) is 27.0. The maximum absolute atomic E-state index is 13.4. The summed E-state index contributed by atoms with van der Waals surface area (Å²) in [6.07, 6.45) is -0.612. The molecule has 3 atom stereocenters. The van der Waals surface area contributed by atoms with Gasteiger partial charge in [0.1, 0.15) is 17.4 Å². The van der Waals surface area contributed by atoms with Gasteiger partial charge in [-0.1, -0.05) is 24.3 Å². The zero-order valence-corrected chi connectivity index (χ0v) is 19.7. The molecule has 37 heavy (non-hydrogen) atoms. The monoisotopic (exact) mass is 541 g/mol. The van der Waals surface area contributed by atoms with Crippen molar-refractivity contribution >= 4 is 21.7 Å². The molecule has 4 rings (SSSR count). The predicted molar refractivity (Wildman–Crippen MR) is 123 cm³/mol. The molecule has 1 fully saturated rings. The van der Waals surface area contributed by atoms with Crippen LogP contribution in [0.2, 0.25) is 0 Å². The number of carbonyl (C=O) groups excluding carboxylic acids is 1. The van der Waals surface area contributed by atoms with Gasteiger partial charge in [-0.15, -0.1) is 0 Å². The van der Waals surface area contributed by atoms with Crippen molar-refractivity contribution in [1.29, 1.82) is 0 Å². The first-order valence-electron chi connectivity index (χ1n) is 11.0. The molecule has 1 aliphatic rings. The summed E-state index contributed by atoms with van der Waals surface area (Å²) >= 11 is 0. The third-order valence-electron chi connectivity index (χ3n) is 6.04. The van der Waals surface area contributed by atoms with Crippen molar-refractivity contribution in [3.8, 4) is 5.75 Å². The molecule has 1 saturated heterocycles. The number of hydrogen-bond acceptors (Lipinski definition) is 5. The molecule has 0 saturated carbocycles. The average Bonchev–Trinajstić information content (AvgIpc) is 2.84. The number of anilines is 1. The second-order valence-electron chi connectivity index (χ2n) is 8.43. The number of amides is 1. The maximum Gasteiger partial charge on any atom is 0.534 e. The lowest BCUT2D eigenvalue weighted by molar-refractivity contribution is -0.131. The number of β-lactam (4-membered cyclic amide) rings is 1. The van der Waals surface area contributed by atoms with Gasteiger partial charge in [-0.05, 0) is 72.5 Å². The lowest BCUT2D eigenvalue weighted by atomic mass is 9.78. The Balaban J connectivity index is 1.57. The lowest BCUT2D eigenvalue weighted by Crippen LogP contribution is -2.55. The molecule has 0 radical (unpaired) electrons. The van der Waals surface area contributed by atoms with E-state index < -0.39 is 51.1 Å². The fourth-order valence-corrected chi connectivity index (χ4v) is 4.64. The summed E-state index contributed by atoms with van der Waals surface area (Å²) in [6, 6.07) is 14.5. The van der Waals surface area contributed by atoms with Gasteiger partial charge in [-0.2, -0.15) is 21.6 Å². The summed E-state index contributed by atoms with van der Waals surface area (Å²) in [6.45, 7) is 0. The Bertz CT molecular complexity index is 1360. The highest BCUT2D eigenvalue weighted by atomic mass is 32.2. The fraction of sp³-hybridized carbons (Fsp3) is 0.240. The van der Waals surface area contributed by atoms with Crippen molar-refractivity contribution in [2.24, 2.45) is 5.92 Å². The van der Waals surface area contributed by atoms with Gasteiger partial charge < -0.3 is 14.2 Å². The second kappa shape index (κ2) is 10.1. The predicted octanol–water partition coefficient (Wildman–Crippen LogP) is 5.41. The van der Waals surface area contributed by atoms with Crippen molar-refractivity contribution < 1.29 is 44.5 Å². The Morgan fingerprint density at radius 2 is 1.43 bits per heavy atom. The van der Waals surface area contributed by atoms with E-state index in [4.69, 9.17) is 0 Å². The van der Waals surface area contributed by atoms with Crippen molar-refractivity contribution in [1.82, 2.24) is 0 Å². The topological polar surface area (TPSA) is 83.9 Å². The van der Waals surface area contributed by atoms with E-state index in [0.717, 1.165) is 12.1 Å². The molecule has 196 valence electrons. The molecule has 0 bridgehead atoms. The molecule has 0 aliphatic carbocycles. The molecule has 3 aromatic carbocycles. The molecule has 1 N–H and O–H groups in total. The van der Waals surface area contributed by atoms with Gasteiger partial charge in [0.15, 0.2) is 0 Å². The Morgan fingerprint density at radius 1 is 0.892 bits per heavy atom. The molecule has 6 nitrogen and oxygen atoms in total. The quantitative estimate of drug-likeness (QED) is 0.178. The van der Waals surface area contributed by atoms with E-state index in [0.29, 0.717) is 16.8 Å². The van der Waals surface area contributed by atoms with E-state index in [1.165, 1.54) is 65.6 Å². The minimum atomic E-state index is -5.85. The number of aliphatic hydroxyl groups excluding tert-OH is 1. The first-order valence-corrected chi connectivity index (χ1v) is 12.4. The number of aliphatic hydroxyl groups is 1. The fourth-order valence-electron chi connectivity index (χ4n) is 4.18. The van der Waals surface area contributed by atoms with Gasteiger partial charge >= 0.3 is 15.6 Å². The van der Waals surface area contributed by atoms with Crippen molar-refractivity contribution in [2.45, 2.75) is 30.5 Å². The highest BCUT2D eigenvalue weighted by Crippen LogP contribution is 2.46. The standard InChI is InChI=1S/C25H20F5NO5S/c26-17-5-1-15(2-6-17)22(32)14-13-21-23(31(24(21)33)19-9-7-18(27)8-10-19)16-3-11-20(12-4-16)36-37(34,35)25(28,29)30/h1-12,21-23,32H,13-14H2. The molecule has 1 heterocycles. The van der Waals surface area contributed by atoms with Crippen LogP contribution in [0.1, 0.15) is 36.1 Å². The summed E-state index contributed by atoms with van der Waals surface area (Å²) in [7, 11) is -5.85. The van der Waals surface area contributed by atoms with E-state index in [2.05, 4.69) is 4.18 Å². The van der Waals surface area contributed by atoms with Crippen molar-refractivity contribution in [2.75, 3.05) is 4.90 Å². The molecule has 3 aromatic rings. The van der Waals surface area contributed by atoms with Crippen LogP contribution in [0.3, 0.4) is 0 Å². The van der Waals surface area contributed by atoms with E-state index in [9.17, 15) is 40.3 Å². The summed E-state index contributed by atoms with van der Waals surface area (Å²) in [5.41, 5.74) is -4.29. The van der Waals surface area contributed by atoms with Crippen molar-refractivity contribution in [3.63, 3.8) is 0 Å². The molecule has 1 aliphatic heterocycles. The van der Waals surface area contributed by atoms with Crippen LogP contribution in [0.5, 0.6) is 5.75 Å². The molecule has 0 spiro atoms. The third-order valence-corrected chi connectivity index (χ3v) is 7.01. The SMILES string of the molecule is O=C1C(CCC(O)c2ccc(F)cc2)C(c2ccc(OS(=O)(=O)C(F)(F)F)cc2)N1c1ccc(F)cc1. The lowest BCUT2D eigenvalue weighted by Gasteiger charge is -2.48. The van der Waals surface area contributed by atoms with Gasteiger partial charge in [0, 0.05) is 5.69 Å². The zero-order valence-electron chi connectivity index (χ0n) is 18.9. The number of nitrogens with zero attached hydrogens (tertiary/aromatic N) is 1. The van der Waals surface area contributed by atoms with Gasteiger partial charge in [-0.25, -0.2) is 8.78 Å². The van der Waals surface area contributed by atoms with E-state index in [-0.39, 0.29) is 18.7 Å². The van der Waals surface area contributed by atoms with Crippen molar-refractivity contribution in [3.05, 3.63) is 95.6 Å². The van der Waals surface area contributed by atoms with E-state index in [1.807, 2.05) is 0 Å². The van der Waals surface area contributed by atoms with Crippen LogP contribution in [0.15, 0.2) is 72.8 Å². The molecule has 0 aromatic heterocycles. The molecule has 12 heteroatoms. The smallest absolute Gasteiger partial charge is 0.388 e. The molecule has 1 amide bonds. The number of carbonyl (C=O) groups is 1. The number of alkyl halides is 3. The number of hydrogen-bond donors (Lipinski definition) is 1. The van der Waals surface area contributed by atoms with Crippen LogP contribution in [0, 0.1) is 17.6 Å². The Hall–Kier alpha value is -3.51. The Labute approximate surface area is 209 Å². The number of halogens is 5. The van der Waals surface area contributed by atoms with E-state index in [1.54, 1.807) is 0 Å². The first-order chi connectivity index (χ1) is 17.4. The van der Waals surface area contributed by atoms with Gasteiger partial charge in [0.25, 0.3) is 0 Å². The molecule has 3 unspecified atom stereocenters. The number of benzene rings is 3. The maximum atomic E-state index is 13.4.